The summed E-state index contributed by atoms with van der Waals surface area (Å²) in [6.07, 6.45) is 5.30. The van der Waals surface area contributed by atoms with E-state index < -0.39 is 0 Å². The smallest absolute Gasteiger partial charge is 0.317 e. The van der Waals surface area contributed by atoms with E-state index in [0.29, 0.717) is 6.54 Å². The van der Waals surface area contributed by atoms with Crippen LogP contribution in [-0.4, -0.2) is 44.8 Å². The van der Waals surface area contributed by atoms with E-state index in [2.05, 4.69) is 46.6 Å². The van der Waals surface area contributed by atoms with Gasteiger partial charge in [0.1, 0.15) is 12.7 Å². The Kier molecular flexibility index (Phi) is 4.83. The van der Waals surface area contributed by atoms with Crippen molar-refractivity contribution >= 4 is 6.03 Å². The van der Waals surface area contributed by atoms with E-state index in [4.69, 9.17) is 0 Å². The maximum absolute atomic E-state index is 12.6. The van der Waals surface area contributed by atoms with Crippen molar-refractivity contribution in [2.75, 3.05) is 13.1 Å². The highest BCUT2D eigenvalue weighted by Gasteiger charge is 2.34. The number of urea groups is 1. The van der Waals surface area contributed by atoms with Crippen LogP contribution in [-0.2, 0) is 12.0 Å². The SMILES string of the molecule is CC(Cn1cncn1)NC(=O)N1CCCC(C)(c2ccccc2)C1. The largest absolute Gasteiger partial charge is 0.334 e. The van der Waals surface area contributed by atoms with Gasteiger partial charge in [0.2, 0.25) is 0 Å². The minimum absolute atomic E-state index is 0.00380. The number of likely N-dealkylation sites (tertiary alicyclic amines) is 1. The number of aromatic nitrogens is 3. The Morgan fingerprint density at radius 2 is 2.17 bits per heavy atom. The molecule has 1 aromatic heterocycles. The molecule has 2 heterocycles. The normalized spacial score (nSPS) is 22.2. The number of carbonyl (C=O) groups excluding carboxylic acids is 1. The molecule has 1 saturated heterocycles. The lowest BCUT2D eigenvalue weighted by Gasteiger charge is -2.41. The number of hydrogen-bond donors (Lipinski definition) is 1. The van der Waals surface area contributed by atoms with Crippen molar-refractivity contribution < 1.29 is 4.79 Å². The molecule has 128 valence electrons. The fraction of sp³-hybridized carbons (Fsp3) is 0.500. The molecular formula is C18H25N5O. The van der Waals surface area contributed by atoms with Crippen molar-refractivity contribution in [2.24, 2.45) is 0 Å². The second-order valence-corrected chi connectivity index (χ2v) is 6.92. The van der Waals surface area contributed by atoms with Crippen LogP contribution in [0.3, 0.4) is 0 Å². The third-order valence-corrected chi connectivity index (χ3v) is 4.75. The lowest BCUT2D eigenvalue weighted by molar-refractivity contribution is 0.152. The van der Waals surface area contributed by atoms with Crippen molar-refractivity contribution in [1.29, 1.82) is 0 Å². The van der Waals surface area contributed by atoms with Crippen LogP contribution >= 0.6 is 0 Å². The number of piperidine rings is 1. The van der Waals surface area contributed by atoms with Crippen LogP contribution in [0, 0.1) is 0 Å². The second kappa shape index (κ2) is 7.03. The zero-order valence-electron chi connectivity index (χ0n) is 14.4. The summed E-state index contributed by atoms with van der Waals surface area (Å²) in [6.45, 7) is 6.42. The molecule has 0 bridgehead atoms. The van der Waals surface area contributed by atoms with E-state index in [-0.39, 0.29) is 17.5 Å². The second-order valence-electron chi connectivity index (χ2n) is 6.92. The van der Waals surface area contributed by atoms with Crippen LogP contribution in [0.4, 0.5) is 4.79 Å². The summed E-state index contributed by atoms with van der Waals surface area (Å²) in [5, 5.41) is 7.15. The summed E-state index contributed by atoms with van der Waals surface area (Å²) < 4.78 is 1.73. The van der Waals surface area contributed by atoms with Gasteiger partial charge in [-0.1, -0.05) is 37.3 Å². The van der Waals surface area contributed by atoms with Gasteiger partial charge < -0.3 is 10.2 Å². The molecule has 0 saturated carbocycles. The van der Waals surface area contributed by atoms with Crippen molar-refractivity contribution in [3.05, 3.63) is 48.5 Å². The number of nitrogens with one attached hydrogen (secondary N) is 1. The molecule has 1 N–H and O–H groups in total. The van der Waals surface area contributed by atoms with E-state index in [9.17, 15) is 4.79 Å². The third kappa shape index (κ3) is 3.75. The lowest BCUT2D eigenvalue weighted by Crippen LogP contribution is -2.52. The van der Waals surface area contributed by atoms with Gasteiger partial charge in [0.15, 0.2) is 0 Å². The molecular weight excluding hydrogens is 302 g/mol. The zero-order chi connectivity index (χ0) is 17.0. The maximum atomic E-state index is 12.6. The summed E-state index contributed by atoms with van der Waals surface area (Å²) in [4.78, 5) is 18.5. The average Bonchev–Trinajstić information content (AvgIpc) is 3.08. The number of amides is 2. The van der Waals surface area contributed by atoms with Crippen LogP contribution in [0.15, 0.2) is 43.0 Å². The zero-order valence-corrected chi connectivity index (χ0v) is 14.4. The topological polar surface area (TPSA) is 63.1 Å². The molecule has 2 aromatic rings. The predicted octanol–water partition coefficient (Wildman–Crippen LogP) is 2.43. The highest BCUT2D eigenvalue weighted by atomic mass is 16.2. The van der Waals surface area contributed by atoms with Gasteiger partial charge in [-0.05, 0) is 25.3 Å². The Morgan fingerprint density at radius 3 is 2.88 bits per heavy atom. The molecule has 3 rings (SSSR count). The first-order valence-electron chi connectivity index (χ1n) is 8.50. The lowest BCUT2D eigenvalue weighted by atomic mass is 9.76. The molecule has 1 aliphatic heterocycles. The van der Waals surface area contributed by atoms with E-state index in [0.717, 1.165) is 25.9 Å². The van der Waals surface area contributed by atoms with Crippen molar-refractivity contribution in [3.63, 3.8) is 0 Å². The molecule has 2 unspecified atom stereocenters. The van der Waals surface area contributed by atoms with Gasteiger partial charge in [0.05, 0.1) is 6.54 Å². The Bertz CT molecular complexity index is 657. The van der Waals surface area contributed by atoms with Crippen molar-refractivity contribution in [3.8, 4) is 0 Å². The maximum Gasteiger partial charge on any atom is 0.317 e. The fourth-order valence-corrected chi connectivity index (χ4v) is 3.44. The van der Waals surface area contributed by atoms with Crippen LogP contribution in [0.25, 0.3) is 0 Å². The molecule has 0 aliphatic carbocycles. The van der Waals surface area contributed by atoms with E-state index in [1.165, 1.54) is 11.9 Å². The summed E-state index contributed by atoms with van der Waals surface area (Å²) in [5.41, 5.74) is 1.32. The minimum Gasteiger partial charge on any atom is -0.334 e. The van der Waals surface area contributed by atoms with E-state index in [1.54, 1.807) is 11.0 Å². The summed E-state index contributed by atoms with van der Waals surface area (Å²) in [5.74, 6) is 0. The van der Waals surface area contributed by atoms with Gasteiger partial charge in [0, 0.05) is 24.5 Å². The van der Waals surface area contributed by atoms with Crippen molar-refractivity contribution in [2.45, 2.75) is 44.7 Å². The minimum atomic E-state index is 0.00380. The van der Waals surface area contributed by atoms with Gasteiger partial charge in [-0.25, -0.2) is 9.78 Å². The van der Waals surface area contributed by atoms with Gasteiger partial charge in [-0.15, -0.1) is 0 Å². The van der Waals surface area contributed by atoms with Gasteiger partial charge in [0.25, 0.3) is 0 Å². The first-order valence-corrected chi connectivity index (χ1v) is 8.50. The Labute approximate surface area is 142 Å². The molecule has 24 heavy (non-hydrogen) atoms. The van der Waals surface area contributed by atoms with E-state index >= 15 is 0 Å². The quantitative estimate of drug-likeness (QED) is 0.938. The molecule has 6 nitrogen and oxygen atoms in total. The molecule has 2 amide bonds. The van der Waals surface area contributed by atoms with Crippen LogP contribution in [0.1, 0.15) is 32.3 Å². The third-order valence-electron chi connectivity index (χ3n) is 4.75. The Morgan fingerprint density at radius 1 is 1.38 bits per heavy atom. The summed E-state index contributed by atoms with van der Waals surface area (Å²) in [7, 11) is 0. The molecule has 6 heteroatoms. The Balaban J connectivity index is 1.61. The molecule has 0 radical (unpaired) electrons. The van der Waals surface area contributed by atoms with Gasteiger partial charge in [-0.2, -0.15) is 5.10 Å². The summed E-state index contributed by atoms with van der Waals surface area (Å²) in [6, 6.07) is 10.5. The van der Waals surface area contributed by atoms with Crippen LogP contribution in [0.2, 0.25) is 0 Å². The fourth-order valence-electron chi connectivity index (χ4n) is 3.44. The number of rotatable bonds is 4. The van der Waals surface area contributed by atoms with Crippen LogP contribution in [0.5, 0.6) is 0 Å². The van der Waals surface area contributed by atoms with Gasteiger partial charge in [-0.3, -0.25) is 4.68 Å². The average molecular weight is 327 g/mol. The standard InChI is InChI=1S/C18H25N5O/c1-15(11-23-14-19-13-20-23)21-17(24)22-10-6-9-18(2,12-22)16-7-4-3-5-8-16/h3-5,7-8,13-15H,6,9-12H2,1-2H3,(H,21,24). The molecule has 0 spiro atoms. The molecule has 1 fully saturated rings. The number of carbonyl (C=O) groups is 1. The number of benzene rings is 1. The predicted molar refractivity (Wildman–Crippen MR) is 92.6 cm³/mol. The van der Waals surface area contributed by atoms with E-state index in [1.807, 2.05) is 17.9 Å². The summed E-state index contributed by atoms with van der Waals surface area (Å²) >= 11 is 0. The molecule has 1 aliphatic rings. The molecule has 2 atom stereocenters. The van der Waals surface area contributed by atoms with Crippen LogP contribution < -0.4 is 5.32 Å². The molecule has 1 aromatic carbocycles. The monoisotopic (exact) mass is 327 g/mol. The first kappa shape index (κ1) is 16.5. The number of nitrogens with zero attached hydrogens (tertiary/aromatic N) is 4. The van der Waals surface area contributed by atoms with Crippen molar-refractivity contribution in [1.82, 2.24) is 25.0 Å². The highest BCUT2D eigenvalue weighted by Crippen LogP contribution is 2.33. The first-order chi connectivity index (χ1) is 11.6. The van der Waals surface area contributed by atoms with Gasteiger partial charge >= 0.3 is 6.03 Å². The Hall–Kier alpha value is -2.37. The highest BCUT2D eigenvalue weighted by molar-refractivity contribution is 5.74. The number of hydrogen-bond acceptors (Lipinski definition) is 3.